The van der Waals surface area contributed by atoms with Crippen LogP contribution in [0.15, 0.2) is 52.3 Å². The number of hydrogen-bond acceptors (Lipinski definition) is 6. The number of carbonyl (C=O) groups excluding carboxylic acids is 2. The third-order valence-electron chi connectivity index (χ3n) is 3.27. The number of imide groups is 1. The van der Waals surface area contributed by atoms with Crippen LogP contribution in [0, 0.1) is 0 Å². The second-order valence-electron chi connectivity index (χ2n) is 4.96. The summed E-state index contributed by atoms with van der Waals surface area (Å²) in [5.74, 6) is -0.553. The molecule has 0 saturated heterocycles. The number of carbonyl (C=O) groups is 2. The van der Waals surface area contributed by atoms with E-state index in [9.17, 15) is 9.59 Å². The predicted molar refractivity (Wildman–Crippen MR) is 100 cm³/mol. The number of fused-ring (bicyclic) bond motifs is 1. The van der Waals surface area contributed by atoms with Crippen LogP contribution in [0.3, 0.4) is 0 Å². The molecule has 0 aromatic heterocycles. The van der Waals surface area contributed by atoms with Crippen LogP contribution in [0.4, 0.5) is 10.5 Å². The number of rotatable bonds is 4. The van der Waals surface area contributed by atoms with Crippen molar-refractivity contribution in [2.24, 2.45) is 0 Å². The summed E-state index contributed by atoms with van der Waals surface area (Å²) in [5.41, 5.74) is 0.779. The highest BCUT2D eigenvalue weighted by atomic mass is 35.5. The molecule has 3 amide bonds. The summed E-state index contributed by atoms with van der Waals surface area (Å²) in [6.07, 6.45) is 0. The molecule has 1 unspecified atom stereocenters. The lowest BCUT2D eigenvalue weighted by atomic mass is 10.2. The number of hydrogen-bond donors (Lipinski definition) is 3. The molecule has 1 aliphatic rings. The lowest BCUT2D eigenvalue weighted by Gasteiger charge is -2.13. The van der Waals surface area contributed by atoms with Gasteiger partial charge in [-0.3, -0.25) is 10.1 Å². The highest BCUT2D eigenvalue weighted by Crippen LogP contribution is 2.39. The van der Waals surface area contributed by atoms with Gasteiger partial charge in [0.05, 0.1) is 23.4 Å². The van der Waals surface area contributed by atoms with Gasteiger partial charge in [-0.1, -0.05) is 35.5 Å². The molecule has 3 N–H and O–H groups in total. The topological polar surface area (TPSA) is 79.5 Å². The number of benzene rings is 2. The summed E-state index contributed by atoms with van der Waals surface area (Å²) >= 11 is 8.66. The Kier molecular flexibility index (Phi) is 5.74. The van der Waals surface area contributed by atoms with Crippen molar-refractivity contribution in [2.75, 3.05) is 12.4 Å². The molecule has 25 heavy (non-hydrogen) atoms. The monoisotopic (exact) mass is 395 g/mol. The van der Waals surface area contributed by atoms with Gasteiger partial charge >= 0.3 is 6.03 Å². The molecule has 130 valence electrons. The quantitative estimate of drug-likeness (QED) is 0.680. The standard InChI is InChI=1S/C16H14ClN3O3S2/c1-23-25-9-6-7-12-13(8-9)24-16(18-12)20-15(22)19-14(21)10-4-2-3-5-11(10)17/h2-8,16,18H,1H3,(H2,19,20,21,22). The molecule has 0 saturated carbocycles. The predicted octanol–water partition coefficient (Wildman–Crippen LogP) is 3.93. The minimum absolute atomic E-state index is 0.246. The largest absolute Gasteiger partial charge is 0.356 e. The number of urea groups is 1. The zero-order valence-electron chi connectivity index (χ0n) is 13.0. The molecule has 0 radical (unpaired) electrons. The first-order valence-electron chi connectivity index (χ1n) is 7.21. The van der Waals surface area contributed by atoms with Crippen molar-refractivity contribution < 1.29 is 13.8 Å². The molecule has 2 aromatic rings. The molecule has 1 atom stereocenters. The van der Waals surface area contributed by atoms with Crippen molar-refractivity contribution >= 4 is 53.0 Å². The highest BCUT2D eigenvalue weighted by Gasteiger charge is 2.24. The van der Waals surface area contributed by atoms with E-state index in [1.807, 2.05) is 18.2 Å². The van der Waals surface area contributed by atoms with Crippen LogP contribution in [0.5, 0.6) is 0 Å². The average Bonchev–Trinajstić information content (AvgIpc) is 2.96. The van der Waals surface area contributed by atoms with Gasteiger partial charge < -0.3 is 14.8 Å². The first-order chi connectivity index (χ1) is 12.1. The van der Waals surface area contributed by atoms with E-state index in [-0.39, 0.29) is 16.1 Å². The number of thioether (sulfide) groups is 1. The van der Waals surface area contributed by atoms with Gasteiger partial charge in [0.15, 0.2) is 5.50 Å². The van der Waals surface area contributed by atoms with Gasteiger partial charge in [0.2, 0.25) is 0 Å². The smallest absolute Gasteiger partial charge is 0.323 e. The summed E-state index contributed by atoms with van der Waals surface area (Å²) in [6.45, 7) is 0. The molecule has 1 aliphatic heterocycles. The van der Waals surface area contributed by atoms with Gasteiger partial charge in [-0.2, -0.15) is 0 Å². The molecular weight excluding hydrogens is 382 g/mol. The molecule has 2 aromatic carbocycles. The van der Waals surface area contributed by atoms with Crippen molar-refractivity contribution in [1.82, 2.24) is 10.6 Å². The Labute approximate surface area is 158 Å². The van der Waals surface area contributed by atoms with Crippen LogP contribution >= 0.6 is 35.4 Å². The summed E-state index contributed by atoms with van der Waals surface area (Å²) in [4.78, 5) is 26.1. The van der Waals surface area contributed by atoms with Gasteiger partial charge in [-0.05, 0) is 30.3 Å². The maximum atomic E-state index is 12.1. The molecule has 0 aliphatic carbocycles. The van der Waals surface area contributed by atoms with Crippen molar-refractivity contribution in [1.29, 1.82) is 0 Å². The molecular formula is C16H14ClN3O3S2. The van der Waals surface area contributed by atoms with E-state index in [4.69, 9.17) is 15.8 Å². The second kappa shape index (κ2) is 8.01. The lowest BCUT2D eigenvalue weighted by molar-refractivity contribution is 0.0964. The Balaban J connectivity index is 1.57. The Morgan fingerprint density at radius 1 is 1.28 bits per heavy atom. The molecule has 9 heteroatoms. The van der Waals surface area contributed by atoms with E-state index in [0.29, 0.717) is 0 Å². The van der Waals surface area contributed by atoms with Crippen LogP contribution < -0.4 is 16.0 Å². The van der Waals surface area contributed by atoms with Crippen molar-refractivity contribution in [3.05, 3.63) is 53.1 Å². The molecule has 6 nitrogen and oxygen atoms in total. The Morgan fingerprint density at radius 2 is 2.08 bits per heavy atom. The zero-order chi connectivity index (χ0) is 17.8. The molecule has 0 fully saturated rings. The van der Waals surface area contributed by atoms with Gasteiger partial charge in [-0.25, -0.2) is 4.79 Å². The Hall–Kier alpha value is -1.87. The lowest BCUT2D eigenvalue weighted by Crippen LogP contribution is -2.45. The van der Waals surface area contributed by atoms with Gasteiger partial charge in [0, 0.05) is 21.8 Å². The van der Waals surface area contributed by atoms with Crippen molar-refractivity contribution in [3.63, 3.8) is 0 Å². The van der Waals surface area contributed by atoms with Crippen LogP contribution in [-0.2, 0) is 4.18 Å². The van der Waals surface area contributed by atoms with Crippen molar-refractivity contribution in [3.8, 4) is 0 Å². The molecule has 0 spiro atoms. The fraction of sp³-hybridized carbons (Fsp3) is 0.125. The van der Waals surface area contributed by atoms with Crippen LogP contribution in [-0.4, -0.2) is 24.5 Å². The normalized spacial score (nSPS) is 15.2. The Morgan fingerprint density at radius 3 is 2.84 bits per heavy atom. The number of halogens is 1. The first kappa shape index (κ1) is 17.9. The fourth-order valence-corrected chi connectivity index (χ4v) is 4.03. The maximum Gasteiger partial charge on any atom is 0.323 e. The van der Waals surface area contributed by atoms with Gasteiger partial charge in [0.1, 0.15) is 0 Å². The molecule has 3 rings (SSSR count). The molecule has 1 heterocycles. The maximum absolute atomic E-state index is 12.1. The second-order valence-corrected chi connectivity index (χ2v) is 7.48. The fourth-order valence-electron chi connectivity index (χ4n) is 2.20. The summed E-state index contributed by atoms with van der Waals surface area (Å²) < 4.78 is 5.03. The van der Waals surface area contributed by atoms with E-state index >= 15 is 0 Å². The number of nitrogens with one attached hydrogen (secondary N) is 3. The summed E-state index contributed by atoms with van der Waals surface area (Å²) in [5, 5.41) is 8.42. The van der Waals surface area contributed by atoms with E-state index in [1.54, 1.807) is 31.4 Å². The van der Waals surface area contributed by atoms with E-state index in [2.05, 4.69) is 16.0 Å². The minimum atomic E-state index is -0.603. The average molecular weight is 396 g/mol. The van der Waals surface area contributed by atoms with E-state index in [0.717, 1.165) is 15.5 Å². The van der Waals surface area contributed by atoms with E-state index < -0.39 is 11.9 Å². The van der Waals surface area contributed by atoms with Crippen LogP contribution in [0.2, 0.25) is 5.02 Å². The van der Waals surface area contributed by atoms with Gasteiger partial charge in [0.25, 0.3) is 5.91 Å². The van der Waals surface area contributed by atoms with Crippen LogP contribution in [0.1, 0.15) is 10.4 Å². The zero-order valence-corrected chi connectivity index (χ0v) is 15.4. The Bertz CT molecular complexity index is 819. The van der Waals surface area contributed by atoms with Gasteiger partial charge in [-0.15, -0.1) is 0 Å². The number of amides is 3. The summed E-state index contributed by atoms with van der Waals surface area (Å²) in [6, 6.07) is 11.7. The first-order valence-corrected chi connectivity index (χ1v) is 9.21. The highest BCUT2D eigenvalue weighted by molar-refractivity contribution is 8.00. The SMILES string of the molecule is COSc1ccc2c(c1)SC(NC(=O)NC(=O)c1ccccc1Cl)N2. The van der Waals surface area contributed by atoms with Crippen LogP contribution in [0.25, 0.3) is 0 Å². The third kappa shape index (κ3) is 4.40. The molecule has 0 bridgehead atoms. The minimum Gasteiger partial charge on any atom is -0.356 e. The van der Waals surface area contributed by atoms with Crippen molar-refractivity contribution in [2.45, 2.75) is 15.3 Å². The van der Waals surface area contributed by atoms with E-state index in [1.165, 1.54) is 23.8 Å². The summed E-state index contributed by atoms with van der Waals surface area (Å²) in [7, 11) is 1.61. The number of anilines is 1. The third-order valence-corrected chi connectivity index (χ3v) is 5.28.